The molecule has 3 atom stereocenters. The number of unbranched alkanes of at least 4 members (excludes halogenated alkanes) is 1. The molecule has 0 bridgehead atoms. The molecule has 0 aromatic carbocycles. The zero-order valence-corrected chi connectivity index (χ0v) is 18.0. The Balaban J connectivity index is 2.53. The van der Waals surface area contributed by atoms with Gasteiger partial charge in [0.2, 0.25) is 5.91 Å². The van der Waals surface area contributed by atoms with Gasteiger partial charge in [-0.15, -0.1) is 0 Å². The van der Waals surface area contributed by atoms with Crippen LogP contribution in [-0.4, -0.2) is 83.8 Å². The lowest BCUT2D eigenvalue weighted by molar-refractivity contribution is -0.150. The van der Waals surface area contributed by atoms with Crippen molar-refractivity contribution in [1.82, 2.24) is 10.2 Å². The lowest BCUT2D eigenvalue weighted by Gasteiger charge is -2.27. The Morgan fingerprint density at radius 3 is 2.68 bits per heavy atom. The number of carbonyl (C=O) groups is 3. The number of aliphatic carboxylic acids is 1. The van der Waals surface area contributed by atoms with E-state index in [2.05, 4.69) is 12.2 Å². The lowest BCUT2D eigenvalue weighted by atomic mass is 10.2. The third-order valence-electron chi connectivity index (χ3n) is 4.51. The topological polar surface area (TPSA) is 105 Å². The second-order valence-electron chi connectivity index (χ2n) is 6.76. The minimum Gasteiger partial charge on any atom is -0.480 e. The number of nitrogens with zero attached hydrogens (tertiary/aromatic N) is 1. The summed E-state index contributed by atoms with van der Waals surface area (Å²) in [6.45, 7) is 7.54. The number of likely N-dealkylation sites (tertiary alicyclic amines) is 1. The monoisotopic (exact) mass is 418 g/mol. The molecule has 162 valence electrons. The van der Waals surface area contributed by atoms with Crippen LogP contribution in [-0.2, 0) is 23.9 Å². The molecule has 0 saturated carbocycles. The lowest BCUT2D eigenvalue weighted by Crippen LogP contribution is -2.54. The molecular weight excluding hydrogens is 384 g/mol. The first-order valence-electron chi connectivity index (χ1n) is 10.0. The number of carboxylic acid groups (broad SMARTS) is 1. The first-order chi connectivity index (χ1) is 13.4. The summed E-state index contributed by atoms with van der Waals surface area (Å²) >= 11 is 1.56. The first-order valence-corrected chi connectivity index (χ1v) is 11.2. The third-order valence-corrected chi connectivity index (χ3v) is 5.54. The molecule has 1 fully saturated rings. The smallest absolute Gasteiger partial charge is 0.326 e. The fourth-order valence-electron chi connectivity index (χ4n) is 3.00. The third kappa shape index (κ3) is 8.36. The average Bonchev–Trinajstić information content (AvgIpc) is 3.15. The standard InChI is InChI=1S/C19H34N2O6S/c1-4-6-10-26-11-12-28-13-15(19(25)27-5-2)20-14(3)17(22)21-9-7-8-16(21)18(23)24/h14-16,20H,4-13H2,1-3H3,(H,23,24)/t14-,15-,16-/m0/s1. The molecule has 1 aliphatic heterocycles. The molecule has 0 spiro atoms. The molecule has 1 saturated heterocycles. The Morgan fingerprint density at radius 1 is 1.29 bits per heavy atom. The largest absolute Gasteiger partial charge is 0.480 e. The number of rotatable bonds is 14. The summed E-state index contributed by atoms with van der Waals surface area (Å²) in [6.07, 6.45) is 3.26. The van der Waals surface area contributed by atoms with Crippen LogP contribution in [0.3, 0.4) is 0 Å². The highest BCUT2D eigenvalue weighted by Gasteiger charge is 2.36. The van der Waals surface area contributed by atoms with Gasteiger partial charge in [0.05, 0.1) is 19.3 Å². The zero-order valence-electron chi connectivity index (χ0n) is 17.1. The number of hydrogen-bond acceptors (Lipinski definition) is 7. The van der Waals surface area contributed by atoms with Crippen LogP contribution in [0.2, 0.25) is 0 Å². The Morgan fingerprint density at radius 2 is 2.04 bits per heavy atom. The number of ether oxygens (including phenoxy) is 2. The Bertz CT molecular complexity index is 505. The highest BCUT2D eigenvalue weighted by molar-refractivity contribution is 7.99. The predicted octanol–water partition coefficient (Wildman–Crippen LogP) is 1.52. The maximum atomic E-state index is 12.7. The summed E-state index contributed by atoms with van der Waals surface area (Å²) in [6, 6.07) is -2.09. The van der Waals surface area contributed by atoms with Crippen molar-refractivity contribution < 1.29 is 29.0 Å². The molecule has 1 amide bonds. The van der Waals surface area contributed by atoms with E-state index in [1.165, 1.54) is 4.90 Å². The van der Waals surface area contributed by atoms with Crippen LogP contribution < -0.4 is 5.32 Å². The van der Waals surface area contributed by atoms with Gasteiger partial charge in [0.1, 0.15) is 12.1 Å². The summed E-state index contributed by atoms with van der Waals surface area (Å²) in [7, 11) is 0. The Kier molecular flexibility index (Phi) is 12.2. The number of esters is 1. The minimum absolute atomic E-state index is 0.261. The van der Waals surface area contributed by atoms with Crippen LogP contribution in [0.1, 0.15) is 46.5 Å². The second-order valence-corrected chi connectivity index (χ2v) is 7.91. The van der Waals surface area contributed by atoms with E-state index in [-0.39, 0.29) is 12.5 Å². The van der Waals surface area contributed by atoms with Gasteiger partial charge in [-0.1, -0.05) is 13.3 Å². The van der Waals surface area contributed by atoms with Crippen LogP contribution in [0.5, 0.6) is 0 Å². The van der Waals surface area contributed by atoms with E-state index in [1.807, 2.05) is 0 Å². The highest BCUT2D eigenvalue weighted by Crippen LogP contribution is 2.19. The van der Waals surface area contributed by atoms with Crippen molar-refractivity contribution in [3.63, 3.8) is 0 Å². The molecule has 0 aromatic rings. The van der Waals surface area contributed by atoms with Crippen molar-refractivity contribution in [3.8, 4) is 0 Å². The van der Waals surface area contributed by atoms with Crippen molar-refractivity contribution >= 4 is 29.6 Å². The molecule has 8 nitrogen and oxygen atoms in total. The fraction of sp³-hybridized carbons (Fsp3) is 0.842. The van der Waals surface area contributed by atoms with Crippen LogP contribution in [0.4, 0.5) is 0 Å². The van der Waals surface area contributed by atoms with Gasteiger partial charge in [-0.05, 0) is 33.1 Å². The summed E-state index contributed by atoms with van der Waals surface area (Å²) in [5.41, 5.74) is 0. The Hall–Kier alpha value is -1.32. The second kappa shape index (κ2) is 13.8. The molecule has 28 heavy (non-hydrogen) atoms. The number of nitrogens with one attached hydrogen (secondary N) is 1. The summed E-state index contributed by atoms with van der Waals surface area (Å²) < 4.78 is 10.6. The molecule has 0 unspecified atom stereocenters. The van der Waals surface area contributed by atoms with Crippen molar-refractivity contribution in [3.05, 3.63) is 0 Å². The van der Waals surface area contributed by atoms with E-state index in [0.717, 1.165) is 25.2 Å². The zero-order chi connectivity index (χ0) is 20.9. The van der Waals surface area contributed by atoms with Gasteiger partial charge >= 0.3 is 11.9 Å². The predicted molar refractivity (Wildman–Crippen MR) is 108 cm³/mol. The van der Waals surface area contributed by atoms with E-state index in [9.17, 15) is 19.5 Å². The van der Waals surface area contributed by atoms with E-state index in [4.69, 9.17) is 9.47 Å². The SMILES string of the molecule is CCCCOCCSC[C@H](N[C@@H](C)C(=O)N1CCC[C@H]1C(=O)O)C(=O)OCC. The molecule has 9 heteroatoms. The molecular formula is C19H34N2O6S. The summed E-state index contributed by atoms with van der Waals surface area (Å²) in [5, 5.41) is 12.3. The number of carbonyl (C=O) groups excluding carboxylic acids is 2. The Labute approximate surface area is 171 Å². The van der Waals surface area contributed by atoms with Crippen LogP contribution in [0, 0.1) is 0 Å². The fourth-order valence-corrected chi connectivity index (χ4v) is 3.87. The molecule has 0 radical (unpaired) electrons. The van der Waals surface area contributed by atoms with Gasteiger partial charge in [0, 0.05) is 24.7 Å². The van der Waals surface area contributed by atoms with Gasteiger partial charge in [-0.2, -0.15) is 11.8 Å². The molecule has 0 aliphatic carbocycles. The summed E-state index contributed by atoms with van der Waals surface area (Å²) in [5.74, 6) is -0.490. The van der Waals surface area contributed by atoms with E-state index >= 15 is 0 Å². The maximum absolute atomic E-state index is 12.7. The normalized spacial score (nSPS) is 18.7. The van der Waals surface area contributed by atoms with Crippen molar-refractivity contribution in [2.45, 2.75) is 64.6 Å². The number of amides is 1. The molecule has 2 N–H and O–H groups in total. The first kappa shape index (κ1) is 24.7. The van der Waals surface area contributed by atoms with Crippen LogP contribution in [0.25, 0.3) is 0 Å². The van der Waals surface area contributed by atoms with Gasteiger partial charge < -0.3 is 19.5 Å². The highest BCUT2D eigenvalue weighted by atomic mass is 32.2. The summed E-state index contributed by atoms with van der Waals surface area (Å²) in [4.78, 5) is 37.6. The minimum atomic E-state index is -0.987. The molecule has 1 rings (SSSR count). The van der Waals surface area contributed by atoms with Crippen LogP contribution in [0.15, 0.2) is 0 Å². The van der Waals surface area contributed by atoms with Crippen molar-refractivity contribution in [2.24, 2.45) is 0 Å². The van der Waals surface area contributed by atoms with E-state index in [0.29, 0.717) is 31.7 Å². The van der Waals surface area contributed by atoms with Gasteiger partial charge in [-0.25, -0.2) is 4.79 Å². The van der Waals surface area contributed by atoms with E-state index in [1.54, 1.807) is 25.6 Å². The number of hydrogen-bond donors (Lipinski definition) is 2. The number of carboxylic acids is 1. The molecule has 1 aliphatic rings. The van der Waals surface area contributed by atoms with Gasteiger partial charge in [0.25, 0.3) is 0 Å². The quantitative estimate of drug-likeness (QED) is 0.323. The van der Waals surface area contributed by atoms with Crippen LogP contribution >= 0.6 is 11.8 Å². The van der Waals surface area contributed by atoms with Crippen molar-refractivity contribution in [1.29, 1.82) is 0 Å². The van der Waals surface area contributed by atoms with Crippen molar-refractivity contribution in [2.75, 3.05) is 37.9 Å². The van der Waals surface area contributed by atoms with E-state index < -0.39 is 30.1 Å². The average molecular weight is 419 g/mol. The number of thioether (sulfide) groups is 1. The maximum Gasteiger partial charge on any atom is 0.326 e. The molecule has 0 aromatic heterocycles. The van der Waals surface area contributed by atoms with Gasteiger partial charge in [-0.3, -0.25) is 14.9 Å². The van der Waals surface area contributed by atoms with Gasteiger partial charge in [0.15, 0.2) is 0 Å². The molecule has 1 heterocycles.